The summed E-state index contributed by atoms with van der Waals surface area (Å²) in [6.07, 6.45) is 4.54. The molecule has 4 aliphatic carbocycles. The minimum absolute atomic E-state index is 0.103. The maximum Gasteiger partial charge on any atom is 0.255 e. The number of amides is 1. The maximum absolute atomic E-state index is 13.5. The number of carbonyl (C=O) groups excluding carboxylic acids is 3. The molecule has 6 N–H and O–H groups in total. The van der Waals surface area contributed by atoms with E-state index in [2.05, 4.69) is 0 Å². The first-order valence-electron chi connectivity index (χ1n) is 11.0. The molecule has 4 aliphatic rings. The lowest BCUT2D eigenvalue weighted by Gasteiger charge is -2.45. The fourth-order valence-electron chi connectivity index (χ4n) is 6.26. The monoisotopic (exact) mass is 439 g/mol. The van der Waals surface area contributed by atoms with Crippen molar-refractivity contribution in [1.29, 1.82) is 0 Å². The van der Waals surface area contributed by atoms with Crippen LogP contribution < -0.4 is 5.73 Å². The first-order valence-corrected chi connectivity index (χ1v) is 11.0. The van der Waals surface area contributed by atoms with Crippen molar-refractivity contribution in [2.45, 2.75) is 56.5 Å². The van der Waals surface area contributed by atoms with Crippen molar-refractivity contribution in [2.75, 3.05) is 0 Å². The number of nitrogens with two attached hydrogens (primary N) is 1. The maximum atomic E-state index is 13.5. The molecule has 8 nitrogen and oxygen atoms in total. The Morgan fingerprint density at radius 2 is 1.72 bits per heavy atom. The van der Waals surface area contributed by atoms with Gasteiger partial charge in [0.1, 0.15) is 22.8 Å². The molecule has 1 amide bonds. The molecule has 32 heavy (non-hydrogen) atoms. The van der Waals surface area contributed by atoms with E-state index >= 15 is 0 Å². The van der Waals surface area contributed by atoms with Crippen molar-refractivity contribution >= 4 is 17.5 Å². The highest BCUT2D eigenvalue weighted by Gasteiger charge is 2.59. The molecule has 3 atom stereocenters. The molecule has 8 heteroatoms. The van der Waals surface area contributed by atoms with E-state index in [1.54, 1.807) is 0 Å². The number of phenols is 1. The largest absolute Gasteiger partial charge is 0.511 e. The van der Waals surface area contributed by atoms with Crippen LogP contribution in [0.15, 0.2) is 34.8 Å². The van der Waals surface area contributed by atoms with Gasteiger partial charge in [-0.2, -0.15) is 0 Å². The molecule has 1 saturated carbocycles. The number of rotatable bonds is 2. The number of ketones is 2. The number of carbonyl (C=O) groups is 3. The number of fused-ring (bicyclic) bond motifs is 3. The van der Waals surface area contributed by atoms with Gasteiger partial charge in [-0.3, -0.25) is 14.4 Å². The van der Waals surface area contributed by atoms with Crippen LogP contribution >= 0.6 is 0 Å². The van der Waals surface area contributed by atoms with Gasteiger partial charge in [-0.25, -0.2) is 0 Å². The van der Waals surface area contributed by atoms with Crippen LogP contribution in [0.3, 0.4) is 0 Å². The topological polar surface area (TPSA) is 158 Å². The number of hydrogen-bond donors (Lipinski definition) is 5. The second kappa shape index (κ2) is 6.93. The summed E-state index contributed by atoms with van der Waals surface area (Å²) in [6.45, 7) is 0. The summed E-state index contributed by atoms with van der Waals surface area (Å²) in [5.41, 5.74) is 3.70. The molecular formula is C24H25NO7. The normalized spacial score (nSPS) is 30.3. The Bertz CT molecular complexity index is 1140. The van der Waals surface area contributed by atoms with E-state index in [1.807, 2.05) is 6.07 Å². The van der Waals surface area contributed by atoms with Crippen molar-refractivity contribution < 1.29 is 34.8 Å². The van der Waals surface area contributed by atoms with E-state index in [1.165, 1.54) is 6.07 Å². The highest BCUT2D eigenvalue weighted by molar-refractivity contribution is 6.24. The average Bonchev–Trinajstić information content (AvgIpc) is 3.25. The molecular weight excluding hydrogens is 414 g/mol. The summed E-state index contributed by atoms with van der Waals surface area (Å²) < 4.78 is 0. The summed E-state index contributed by atoms with van der Waals surface area (Å²) in [5, 5.41) is 43.0. The predicted octanol–water partition coefficient (Wildman–Crippen LogP) is 2.24. The Kier molecular flexibility index (Phi) is 4.50. The smallest absolute Gasteiger partial charge is 0.255 e. The third kappa shape index (κ3) is 2.62. The van der Waals surface area contributed by atoms with Crippen LogP contribution in [0.2, 0.25) is 0 Å². The van der Waals surface area contributed by atoms with Gasteiger partial charge in [0.25, 0.3) is 5.91 Å². The number of hydrogen-bond acceptors (Lipinski definition) is 7. The summed E-state index contributed by atoms with van der Waals surface area (Å²) in [5.74, 6) is -5.65. The van der Waals surface area contributed by atoms with Crippen LogP contribution in [0, 0.1) is 11.8 Å². The zero-order valence-electron chi connectivity index (χ0n) is 17.4. The fraction of sp³-hybridized carbons (Fsp3) is 0.458. The Balaban J connectivity index is 1.66. The molecule has 0 spiro atoms. The molecule has 0 aromatic heterocycles. The zero-order chi connectivity index (χ0) is 22.9. The van der Waals surface area contributed by atoms with Gasteiger partial charge in [-0.15, -0.1) is 0 Å². The number of aromatic hydroxyl groups is 1. The SMILES string of the molecule is NC(=O)C1=C(O)C[C@@H]2C[C@@H]3Cc4c(C5CCCC5)ccc(O)c4C(=O)C3=C(O)[C@]2(O)C1=O. The second-order valence-electron chi connectivity index (χ2n) is 9.42. The standard InChI is InChI=1S/C24H25NO7/c25-23(31)19-16(27)9-12-7-11-8-14-13(10-3-1-2-4-10)5-6-15(26)18(14)20(28)17(11)21(29)24(12,32)22(19)30/h5-6,10-12,26-27,29,32H,1-4,7-9H2,(H2,25,31)/t11-,12+,24+/m1/s1. The van der Waals surface area contributed by atoms with E-state index < -0.39 is 52.0 Å². The lowest BCUT2D eigenvalue weighted by atomic mass is 9.60. The molecule has 0 unspecified atom stereocenters. The van der Waals surface area contributed by atoms with Gasteiger partial charge < -0.3 is 26.2 Å². The van der Waals surface area contributed by atoms with Crippen LogP contribution in [-0.4, -0.2) is 43.5 Å². The summed E-state index contributed by atoms with van der Waals surface area (Å²) in [4.78, 5) is 38.1. The third-order valence-corrected chi connectivity index (χ3v) is 7.78. The van der Waals surface area contributed by atoms with Crippen molar-refractivity contribution in [3.63, 3.8) is 0 Å². The van der Waals surface area contributed by atoms with E-state index in [-0.39, 0.29) is 29.7 Å². The fourth-order valence-corrected chi connectivity index (χ4v) is 6.26. The zero-order valence-corrected chi connectivity index (χ0v) is 17.4. The highest BCUT2D eigenvalue weighted by atomic mass is 16.3. The molecule has 0 saturated heterocycles. The van der Waals surface area contributed by atoms with Gasteiger partial charge in [-0.1, -0.05) is 18.9 Å². The Morgan fingerprint density at radius 3 is 2.38 bits per heavy atom. The summed E-state index contributed by atoms with van der Waals surface area (Å²) in [6, 6.07) is 3.35. The van der Waals surface area contributed by atoms with Crippen molar-refractivity contribution in [1.82, 2.24) is 0 Å². The Hall–Kier alpha value is -3.13. The third-order valence-electron chi connectivity index (χ3n) is 7.78. The number of aliphatic hydroxyl groups excluding tert-OH is 2. The minimum atomic E-state index is -2.52. The van der Waals surface area contributed by atoms with Gasteiger partial charge >= 0.3 is 0 Å². The van der Waals surface area contributed by atoms with Gasteiger partial charge in [0, 0.05) is 17.9 Å². The van der Waals surface area contributed by atoms with Crippen molar-refractivity contribution in [3.05, 3.63) is 51.5 Å². The van der Waals surface area contributed by atoms with Crippen LogP contribution in [0.5, 0.6) is 5.75 Å². The number of allylic oxidation sites excluding steroid dienone is 2. The Labute approximate surface area is 184 Å². The number of benzene rings is 1. The molecule has 0 radical (unpaired) electrons. The molecule has 0 heterocycles. The predicted molar refractivity (Wildman–Crippen MR) is 112 cm³/mol. The van der Waals surface area contributed by atoms with Crippen LogP contribution in [0.25, 0.3) is 0 Å². The van der Waals surface area contributed by atoms with Gasteiger partial charge in [-0.05, 0) is 54.7 Å². The number of phenolic OH excluding ortho intramolecular Hbond substituents is 1. The lowest BCUT2D eigenvalue weighted by Crippen LogP contribution is -2.57. The Morgan fingerprint density at radius 1 is 1.03 bits per heavy atom. The van der Waals surface area contributed by atoms with Gasteiger partial charge in [0.2, 0.25) is 5.78 Å². The quantitative estimate of drug-likeness (QED) is 0.442. The lowest BCUT2D eigenvalue weighted by molar-refractivity contribution is -0.144. The number of aliphatic hydroxyl groups is 3. The molecule has 1 fully saturated rings. The van der Waals surface area contributed by atoms with Gasteiger partial charge in [0.05, 0.1) is 5.56 Å². The number of primary amides is 1. The van der Waals surface area contributed by atoms with Crippen LogP contribution in [0.4, 0.5) is 0 Å². The molecule has 0 aliphatic heterocycles. The first-order chi connectivity index (χ1) is 15.2. The number of Topliss-reactive ketones (excluding diaryl/α,β-unsaturated/α-hetero) is 2. The molecule has 1 aromatic rings. The molecule has 5 rings (SSSR count). The van der Waals surface area contributed by atoms with E-state index in [9.17, 15) is 34.8 Å². The van der Waals surface area contributed by atoms with E-state index in [0.717, 1.165) is 36.8 Å². The van der Waals surface area contributed by atoms with Crippen molar-refractivity contribution in [2.24, 2.45) is 17.6 Å². The second-order valence-corrected chi connectivity index (χ2v) is 9.42. The molecule has 1 aromatic carbocycles. The molecule has 168 valence electrons. The van der Waals surface area contributed by atoms with Crippen LogP contribution in [0.1, 0.15) is 65.9 Å². The first kappa shape index (κ1) is 20.8. The van der Waals surface area contributed by atoms with Gasteiger partial charge in [0.15, 0.2) is 11.4 Å². The minimum Gasteiger partial charge on any atom is -0.511 e. The summed E-state index contributed by atoms with van der Waals surface area (Å²) in [7, 11) is 0. The summed E-state index contributed by atoms with van der Waals surface area (Å²) >= 11 is 0. The van der Waals surface area contributed by atoms with Crippen molar-refractivity contribution in [3.8, 4) is 5.75 Å². The van der Waals surface area contributed by atoms with E-state index in [4.69, 9.17) is 5.73 Å². The highest BCUT2D eigenvalue weighted by Crippen LogP contribution is 2.52. The average molecular weight is 439 g/mol. The molecule has 0 bridgehead atoms. The van der Waals surface area contributed by atoms with Crippen LogP contribution in [-0.2, 0) is 16.0 Å². The van der Waals surface area contributed by atoms with E-state index in [0.29, 0.717) is 12.3 Å².